The Kier molecular flexibility index (Phi) is 6.61. The van der Waals surface area contributed by atoms with E-state index in [1.807, 2.05) is 19.1 Å². The van der Waals surface area contributed by atoms with Crippen molar-refractivity contribution >= 4 is 27.8 Å². The van der Waals surface area contributed by atoms with E-state index < -0.39 is 28.8 Å². The fourth-order valence-corrected chi connectivity index (χ4v) is 8.46. The van der Waals surface area contributed by atoms with Gasteiger partial charge in [0.25, 0.3) is 0 Å². The molecule has 0 saturated carbocycles. The normalized spacial score (nSPS) is 12.9. The van der Waals surface area contributed by atoms with Crippen LogP contribution in [0, 0.1) is 12.7 Å². The number of aryl methyl sites for hydroxylation is 1. The van der Waals surface area contributed by atoms with Crippen LogP contribution in [0.1, 0.15) is 16.9 Å². The van der Waals surface area contributed by atoms with E-state index in [9.17, 15) is 17.4 Å². The first kappa shape index (κ1) is 23.1. The van der Waals surface area contributed by atoms with E-state index in [1.54, 1.807) is 60.7 Å². The first-order valence-electron chi connectivity index (χ1n) is 10.4. The van der Waals surface area contributed by atoms with Crippen molar-refractivity contribution in [1.82, 2.24) is 4.72 Å². The third-order valence-electron chi connectivity index (χ3n) is 5.43. The minimum absolute atomic E-state index is 0.0629. The third-order valence-corrected chi connectivity index (χ3v) is 10.3. The molecule has 0 aromatic heterocycles. The van der Waals surface area contributed by atoms with Gasteiger partial charge < -0.3 is 4.57 Å². The van der Waals surface area contributed by atoms with Crippen molar-refractivity contribution in [1.29, 1.82) is 0 Å². The number of hydrogen-bond donors (Lipinski definition) is 1. The van der Waals surface area contributed by atoms with Crippen LogP contribution in [-0.4, -0.2) is 8.42 Å². The summed E-state index contributed by atoms with van der Waals surface area (Å²) >= 11 is 0. The van der Waals surface area contributed by atoms with Gasteiger partial charge in [0.2, 0.25) is 10.0 Å². The molecule has 1 N–H and O–H groups in total. The maximum atomic E-state index is 14.9. The van der Waals surface area contributed by atoms with Crippen molar-refractivity contribution in [2.45, 2.75) is 17.6 Å². The van der Waals surface area contributed by atoms with Gasteiger partial charge in [-0.25, -0.2) is 12.8 Å². The molecule has 168 valence electrons. The van der Waals surface area contributed by atoms with Crippen LogP contribution >= 0.6 is 7.14 Å². The molecule has 0 aliphatic rings. The van der Waals surface area contributed by atoms with Crippen LogP contribution in [0.4, 0.5) is 4.39 Å². The van der Waals surface area contributed by atoms with E-state index in [0.29, 0.717) is 16.2 Å². The van der Waals surface area contributed by atoms with E-state index in [0.717, 1.165) is 5.56 Å². The molecule has 0 spiro atoms. The number of sulfonamides is 1. The zero-order chi connectivity index (χ0) is 23.5. The summed E-state index contributed by atoms with van der Waals surface area (Å²) in [5.74, 6) is -1.61. The lowest BCUT2D eigenvalue weighted by atomic mass is 10.2. The Labute approximate surface area is 193 Å². The number of nitrogens with one attached hydrogen (secondary N) is 1. The van der Waals surface area contributed by atoms with E-state index >= 15 is 0 Å². The van der Waals surface area contributed by atoms with Gasteiger partial charge in [-0.3, -0.25) is 0 Å². The summed E-state index contributed by atoms with van der Waals surface area (Å²) < 4.78 is 58.2. The molecule has 0 bridgehead atoms. The Hall–Kier alpha value is -3.05. The van der Waals surface area contributed by atoms with Crippen molar-refractivity contribution in [3.05, 3.63) is 126 Å². The maximum Gasteiger partial charge on any atom is 0.241 e. The summed E-state index contributed by atoms with van der Waals surface area (Å²) in [6.45, 7) is 1.87. The molecule has 4 aromatic carbocycles. The van der Waals surface area contributed by atoms with E-state index in [2.05, 4.69) is 4.72 Å². The lowest BCUT2D eigenvalue weighted by Gasteiger charge is -2.30. The van der Waals surface area contributed by atoms with Crippen LogP contribution in [0.2, 0.25) is 0 Å². The summed E-state index contributed by atoms with van der Waals surface area (Å²) in [6.07, 6.45) is 0. The molecule has 0 amide bonds. The molecule has 33 heavy (non-hydrogen) atoms. The molecule has 0 aliphatic heterocycles. The molecule has 4 nitrogen and oxygen atoms in total. The highest BCUT2D eigenvalue weighted by atomic mass is 32.2. The first-order valence-corrected chi connectivity index (χ1v) is 13.6. The van der Waals surface area contributed by atoms with E-state index in [4.69, 9.17) is 0 Å². The predicted molar refractivity (Wildman–Crippen MR) is 130 cm³/mol. The minimum Gasteiger partial charge on any atom is -0.312 e. The van der Waals surface area contributed by atoms with Gasteiger partial charge in [-0.05, 0) is 36.8 Å². The molecule has 0 aliphatic carbocycles. The summed E-state index contributed by atoms with van der Waals surface area (Å²) in [5, 5.41) is 0.995. The number of hydrogen-bond acceptors (Lipinski definition) is 3. The zero-order valence-electron chi connectivity index (χ0n) is 17.9. The highest BCUT2D eigenvalue weighted by Crippen LogP contribution is 2.56. The largest absolute Gasteiger partial charge is 0.312 e. The molecule has 0 fully saturated rings. The van der Waals surface area contributed by atoms with Crippen molar-refractivity contribution in [2.24, 2.45) is 0 Å². The molecule has 4 aromatic rings. The summed E-state index contributed by atoms with van der Waals surface area (Å²) in [4.78, 5) is 0.0629. The fourth-order valence-electron chi connectivity index (χ4n) is 3.68. The van der Waals surface area contributed by atoms with E-state index in [1.165, 1.54) is 36.4 Å². The molecule has 1 atom stereocenters. The van der Waals surface area contributed by atoms with Gasteiger partial charge in [-0.2, -0.15) is 4.72 Å². The zero-order valence-corrected chi connectivity index (χ0v) is 19.6. The molecular weight excluding hydrogens is 456 g/mol. The smallest absolute Gasteiger partial charge is 0.241 e. The van der Waals surface area contributed by atoms with Crippen LogP contribution in [0.5, 0.6) is 0 Å². The summed E-state index contributed by atoms with van der Waals surface area (Å²) in [7, 11) is -7.66. The molecule has 0 radical (unpaired) electrons. The maximum absolute atomic E-state index is 14.9. The standard InChI is InChI=1S/C26H23FNO3PS/c1-20-12-18-25(19-13-20)33(30,31)28-26(21-14-16-22(27)17-15-21)32(29,23-8-4-2-5-9-23)24-10-6-3-7-11-24/h2-19,26,28H,1H3. The first-order chi connectivity index (χ1) is 15.8. The highest BCUT2D eigenvalue weighted by Gasteiger charge is 2.40. The fraction of sp³-hybridized carbons (Fsp3) is 0.0769. The van der Waals surface area contributed by atoms with Gasteiger partial charge in [-0.15, -0.1) is 0 Å². The Morgan fingerprint density at radius 2 is 1.21 bits per heavy atom. The SMILES string of the molecule is Cc1ccc(S(=O)(=O)NC(c2ccc(F)cc2)P(=O)(c2ccccc2)c2ccccc2)cc1. The Bertz CT molecular complexity index is 1330. The Morgan fingerprint density at radius 3 is 1.70 bits per heavy atom. The molecule has 0 heterocycles. The second kappa shape index (κ2) is 9.44. The lowest BCUT2D eigenvalue weighted by Crippen LogP contribution is -2.34. The minimum atomic E-state index is -4.05. The average molecular weight is 480 g/mol. The number of halogens is 1. The third kappa shape index (κ3) is 4.83. The predicted octanol–water partition coefficient (Wildman–Crippen LogP) is 5.13. The van der Waals surface area contributed by atoms with Crippen LogP contribution in [0.3, 0.4) is 0 Å². The van der Waals surface area contributed by atoms with Crippen LogP contribution in [0.25, 0.3) is 0 Å². The quantitative estimate of drug-likeness (QED) is 0.374. The monoisotopic (exact) mass is 479 g/mol. The van der Waals surface area contributed by atoms with Crippen molar-refractivity contribution < 1.29 is 17.4 Å². The molecule has 1 unspecified atom stereocenters. The van der Waals surface area contributed by atoms with Gasteiger partial charge in [0.15, 0.2) is 7.14 Å². The van der Waals surface area contributed by atoms with Gasteiger partial charge in [0.1, 0.15) is 11.6 Å². The topological polar surface area (TPSA) is 63.2 Å². The van der Waals surface area contributed by atoms with Crippen molar-refractivity contribution in [3.63, 3.8) is 0 Å². The van der Waals surface area contributed by atoms with Crippen LogP contribution < -0.4 is 15.3 Å². The lowest BCUT2D eigenvalue weighted by molar-refractivity contribution is 0.560. The van der Waals surface area contributed by atoms with Crippen molar-refractivity contribution in [2.75, 3.05) is 0 Å². The summed E-state index contributed by atoms with van der Waals surface area (Å²) in [5.41, 5.74) is 1.33. The summed E-state index contributed by atoms with van der Waals surface area (Å²) in [6, 6.07) is 29.4. The molecule has 7 heteroatoms. The van der Waals surface area contributed by atoms with Gasteiger partial charge in [0, 0.05) is 10.6 Å². The van der Waals surface area contributed by atoms with Crippen molar-refractivity contribution in [3.8, 4) is 0 Å². The molecular formula is C26H23FNO3PS. The second-order valence-electron chi connectivity index (χ2n) is 7.72. The molecule has 0 saturated heterocycles. The highest BCUT2D eigenvalue weighted by molar-refractivity contribution is 7.90. The second-order valence-corrected chi connectivity index (χ2v) is 12.3. The Morgan fingerprint density at radius 1 is 0.727 bits per heavy atom. The average Bonchev–Trinajstić information content (AvgIpc) is 2.84. The van der Waals surface area contributed by atoms with Gasteiger partial charge >= 0.3 is 0 Å². The Balaban J connectivity index is 1.93. The van der Waals surface area contributed by atoms with Crippen LogP contribution in [-0.2, 0) is 14.6 Å². The van der Waals surface area contributed by atoms with Gasteiger partial charge in [-0.1, -0.05) is 90.5 Å². The number of benzene rings is 4. The van der Waals surface area contributed by atoms with Crippen LogP contribution in [0.15, 0.2) is 114 Å². The van der Waals surface area contributed by atoms with Gasteiger partial charge in [0.05, 0.1) is 4.90 Å². The molecule has 4 rings (SSSR count). The van der Waals surface area contributed by atoms with E-state index in [-0.39, 0.29) is 4.90 Å². The number of rotatable bonds is 7.